The molecule has 0 fully saturated rings. The SMILES string of the molecule is Cc1cc(C)cc(-c2ccc(OC(F)(F)F)c(C(=O)NC(CN)Cc3c[nH]c4ccccc34)c2)c1. The van der Waals surface area contributed by atoms with Crippen molar-refractivity contribution in [3.63, 3.8) is 0 Å². The Labute approximate surface area is 201 Å². The molecule has 1 atom stereocenters. The van der Waals surface area contributed by atoms with Crippen LogP contribution in [0.4, 0.5) is 13.2 Å². The molecule has 1 unspecified atom stereocenters. The van der Waals surface area contributed by atoms with Crippen LogP contribution in [0.1, 0.15) is 27.0 Å². The maximum Gasteiger partial charge on any atom is 0.573 e. The highest BCUT2D eigenvalue weighted by molar-refractivity contribution is 5.98. The Morgan fingerprint density at radius 2 is 1.74 bits per heavy atom. The summed E-state index contributed by atoms with van der Waals surface area (Å²) in [5.41, 5.74) is 11.0. The molecule has 1 amide bonds. The highest BCUT2D eigenvalue weighted by Crippen LogP contribution is 2.32. The summed E-state index contributed by atoms with van der Waals surface area (Å²) >= 11 is 0. The van der Waals surface area contributed by atoms with Crippen molar-refractivity contribution in [2.75, 3.05) is 6.54 Å². The second-order valence-corrected chi connectivity index (χ2v) is 8.60. The first-order chi connectivity index (χ1) is 16.6. The van der Waals surface area contributed by atoms with Crippen LogP contribution in [-0.2, 0) is 6.42 Å². The molecule has 4 aromatic rings. The first-order valence-electron chi connectivity index (χ1n) is 11.2. The van der Waals surface area contributed by atoms with Gasteiger partial charge in [0.15, 0.2) is 0 Å². The summed E-state index contributed by atoms with van der Waals surface area (Å²) in [6.45, 7) is 3.97. The summed E-state index contributed by atoms with van der Waals surface area (Å²) < 4.78 is 43.4. The molecule has 1 heterocycles. The molecule has 1 aromatic heterocycles. The number of rotatable bonds is 7. The minimum absolute atomic E-state index is 0.109. The molecular weight excluding hydrogens is 455 g/mol. The number of aromatic amines is 1. The van der Waals surface area contributed by atoms with Gasteiger partial charge in [-0.25, -0.2) is 0 Å². The van der Waals surface area contributed by atoms with Crippen molar-refractivity contribution in [1.29, 1.82) is 0 Å². The van der Waals surface area contributed by atoms with E-state index in [1.807, 2.05) is 62.5 Å². The number of alkyl halides is 3. The van der Waals surface area contributed by atoms with E-state index in [1.54, 1.807) is 0 Å². The molecule has 4 N–H and O–H groups in total. The van der Waals surface area contributed by atoms with Crippen LogP contribution >= 0.6 is 0 Å². The number of para-hydroxylation sites is 1. The number of aryl methyl sites for hydroxylation is 2. The fraction of sp³-hybridized carbons (Fsp3) is 0.222. The summed E-state index contributed by atoms with van der Waals surface area (Å²) in [5.74, 6) is -1.25. The monoisotopic (exact) mass is 481 g/mol. The number of carbonyl (C=O) groups excluding carboxylic acids is 1. The summed E-state index contributed by atoms with van der Waals surface area (Å²) in [6.07, 6.45) is -2.68. The minimum atomic E-state index is -4.94. The van der Waals surface area contributed by atoms with E-state index in [1.165, 1.54) is 18.2 Å². The van der Waals surface area contributed by atoms with Crippen LogP contribution in [0, 0.1) is 13.8 Å². The molecule has 0 aliphatic heterocycles. The number of aromatic nitrogens is 1. The summed E-state index contributed by atoms with van der Waals surface area (Å²) in [7, 11) is 0. The van der Waals surface area contributed by atoms with Crippen molar-refractivity contribution >= 4 is 16.8 Å². The van der Waals surface area contributed by atoms with Gasteiger partial charge >= 0.3 is 6.36 Å². The molecule has 3 aromatic carbocycles. The molecule has 35 heavy (non-hydrogen) atoms. The molecule has 0 radical (unpaired) electrons. The van der Waals surface area contributed by atoms with E-state index in [2.05, 4.69) is 15.0 Å². The van der Waals surface area contributed by atoms with Crippen molar-refractivity contribution in [2.45, 2.75) is 32.7 Å². The van der Waals surface area contributed by atoms with Crippen molar-refractivity contribution in [2.24, 2.45) is 5.73 Å². The maximum absolute atomic E-state index is 13.2. The van der Waals surface area contributed by atoms with Gasteiger partial charge in [-0.15, -0.1) is 13.2 Å². The van der Waals surface area contributed by atoms with Gasteiger partial charge in [-0.3, -0.25) is 4.79 Å². The second-order valence-electron chi connectivity index (χ2n) is 8.60. The van der Waals surface area contributed by atoms with E-state index in [9.17, 15) is 18.0 Å². The lowest BCUT2D eigenvalue weighted by Crippen LogP contribution is -2.42. The lowest BCUT2D eigenvalue weighted by Gasteiger charge is -2.19. The first-order valence-corrected chi connectivity index (χ1v) is 11.2. The topological polar surface area (TPSA) is 80.1 Å². The number of H-pyrrole nitrogens is 1. The average Bonchev–Trinajstić information content (AvgIpc) is 3.20. The number of nitrogens with one attached hydrogen (secondary N) is 2. The van der Waals surface area contributed by atoms with Crippen LogP contribution in [0.25, 0.3) is 22.0 Å². The van der Waals surface area contributed by atoms with Crippen LogP contribution in [-0.4, -0.2) is 29.8 Å². The third-order valence-corrected chi connectivity index (χ3v) is 5.77. The minimum Gasteiger partial charge on any atom is -0.405 e. The Hall–Kier alpha value is -3.78. The standard InChI is InChI=1S/C27H26F3N3O2/c1-16-9-17(2)11-19(10-16)18-7-8-25(35-27(28,29)30)23(13-18)26(34)33-21(14-31)12-20-15-32-24-6-4-3-5-22(20)24/h3-11,13,15,21,32H,12,14,31H2,1-2H3,(H,33,34). The van der Waals surface area contributed by atoms with Gasteiger partial charge < -0.3 is 20.8 Å². The van der Waals surface area contributed by atoms with Crippen LogP contribution in [0.5, 0.6) is 5.75 Å². The van der Waals surface area contributed by atoms with Crippen LogP contribution < -0.4 is 15.8 Å². The quantitative estimate of drug-likeness (QED) is 0.319. The Bertz CT molecular complexity index is 1340. The van der Waals surface area contributed by atoms with Crippen molar-refractivity contribution in [3.05, 3.63) is 89.1 Å². The number of halogens is 3. The second kappa shape index (κ2) is 9.84. The Morgan fingerprint density at radius 1 is 1.03 bits per heavy atom. The molecular formula is C27H26F3N3O2. The number of hydrogen-bond acceptors (Lipinski definition) is 3. The Balaban J connectivity index is 1.65. The molecule has 0 saturated heterocycles. The normalized spacial score (nSPS) is 12.5. The summed E-state index contributed by atoms with van der Waals surface area (Å²) in [5, 5.41) is 3.79. The highest BCUT2D eigenvalue weighted by atomic mass is 19.4. The zero-order valence-corrected chi connectivity index (χ0v) is 19.4. The predicted octanol–water partition coefficient (Wildman–Crippen LogP) is 5.65. The number of nitrogens with two attached hydrogens (primary N) is 1. The van der Waals surface area contributed by atoms with Crippen molar-refractivity contribution < 1.29 is 22.7 Å². The Morgan fingerprint density at radius 3 is 2.43 bits per heavy atom. The van der Waals surface area contributed by atoms with Gasteiger partial charge in [-0.05, 0) is 55.2 Å². The van der Waals surface area contributed by atoms with Gasteiger partial charge in [0.2, 0.25) is 0 Å². The molecule has 5 nitrogen and oxygen atoms in total. The third kappa shape index (κ3) is 5.84. The van der Waals surface area contributed by atoms with Gasteiger partial charge in [0.25, 0.3) is 5.91 Å². The fourth-order valence-electron chi connectivity index (χ4n) is 4.26. The van der Waals surface area contributed by atoms with E-state index in [0.29, 0.717) is 12.0 Å². The van der Waals surface area contributed by atoms with Gasteiger partial charge in [-0.1, -0.05) is 53.6 Å². The fourth-order valence-corrected chi connectivity index (χ4v) is 4.26. The predicted molar refractivity (Wildman–Crippen MR) is 130 cm³/mol. The number of ether oxygens (including phenoxy) is 1. The first kappa shape index (κ1) is 24.3. The molecule has 4 rings (SSSR count). The van der Waals surface area contributed by atoms with Gasteiger partial charge in [-0.2, -0.15) is 0 Å². The third-order valence-electron chi connectivity index (χ3n) is 5.77. The number of benzene rings is 3. The molecule has 0 bridgehead atoms. The largest absolute Gasteiger partial charge is 0.573 e. The lowest BCUT2D eigenvalue weighted by atomic mass is 9.98. The molecule has 0 aliphatic carbocycles. The summed E-state index contributed by atoms with van der Waals surface area (Å²) in [6, 6.07) is 17.1. The lowest BCUT2D eigenvalue weighted by molar-refractivity contribution is -0.274. The van der Waals surface area contributed by atoms with Gasteiger partial charge in [0, 0.05) is 29.7 Å². The zero-order chi connectivity index (χ0) is 25.2. The molecule has 0 spiro atoms. The van der Waals surface area contributed by atoms with E-state index in [-0.39, 0.29) is 12.1 Å². The molecule has 182 valence electrons. The maximum atomic E-state index is 13.2. The zero-order valence-electron chi connectivity index (χ0n) is 19.4. The van der Waals surface area contributed by atoms with Crippen LogP contribution in [0.3, 0.4) is 0 Å². The van der Waals surface area contributed by atoms with Crippen LogP contribution in [0.2, 0.25) is 0 Å². The molecule has 0 saturated carbocycles. The number of carbonyl (C=O) groups is 1. The number of hydrogen-bond donors (Lipinski definition) is 3. The van der Waals surface area contributed by atoms with Crippen LogP contribution in [0.15, 0.2) is 66.9 Å². The number of fused-ring (bicyclic) bond motifs is 1. The Kier molecular flexibility index (Phi) is 6.84. The average molecular weight is 482 g/mol. The number of amides is 1. The van der Waals surface area contributed by atoms with Gasteiger partial charge in [0.1, 0.15) is 5.75 Å². The molecule has 8 heteroatoms. The van der Waals surface area contributed by atoms with E-state index in [4.69, 9.17) is 5.73 Å². The van der Waals surface area contributed by atoms with Crippen molar-refractivity contribution in [3.8, 4) is 16.9 Å². The van der Waals surface area contributed by atoms with Crippen molar-refractivity contribution in [1.82, 2.24) is 10.3 Å². The van der Waals surface area contributed by atoms with E-state index >= 15 is 0 Å². The van der Waals surface area contributed by atoms with E-state index < -0.39 is 24.1 Å². The smallest absolute Gasteiger partial charge is 0.405 e. The highest BCUT2D eigenvalue weighted by Gasteiger charge is 2.33. The summed E-state index contributed by atoms with van der Waals surface area (Å²) in [4.78, 5) is 16.4. The van der Waals surface area contributed by atoms with Gasteiger partial charge in [0.05, 0.1) is 5.56 Å². The molecule has 0 aliphatic rings. The van der Waals surface area contributed by atoms with E-state index in [0.717, 1.165) is 33.2 Å².